The summed E-state index contributed by atoms with van der Waals surface area (Å²) in [5.74, 6) is 0.515. The van der Waals surface area contributed by atoms with Crippen molar-refractivity contribution in [2.24, 2.45) is 0 Å². The predicted molar refractivity (Wildman–Crippen MR) is 83.8 cm³/mol. The highest BCUT2D eigenvalue weighted by molar-refractivity contribution is 7.89. The summed E-state index contributed by atoms with van der Waals surface area (Å²) in [4.78, 5) is 4.39. The van der Waals surface area contributed by atoms with E-state index in [4.69, 9.17) is 11.6 Å². The minimum absolute atomic E-state index is 0.239. The van der Waals surface area contributed by atoms with E-state index in [2.05, 4.69) is 9.71 Å². The van der Waals surface area contributed by atoms with Gasteiger partial charge in [-0.25, -0.2) is 13.1 Å². The maximum Gasteiger partial charge on any atom is 0.241 e. The molecule has 1 unspecified atom stereocenters. The first kappa shape index (κ1) is 15.9. The average molecular weight is 325 g/mol. The Kier molecular flexibility index (Phi) is 5.33. The molecule has 112 valence electrons. The van der Waals surface area contributed by atoms with Gasteiger partial charge in [0.2, 0.25) is 10.0 Å². The molecule has 2 rings (SSSR count). The smallest absolute Gasteiger partial charge is 0.241 e. The summed E-state index contributed by atoms with van der Waals surface area (Å²) in [5.41, 5.74) is 1.70. The van der Waals surface area contributed by atoms with E-state index in [1.807, 2.05) is 6.07 Å². The van der Waals surface area contributed by atoms with Gasteiger partial charge in [-0.1, -0.05) is 18.2 Å². The number of aromatic nitrogens is 1. The van der Waals surface area contributed by atoms with Gasteiger partial charge in [0.15, 0.2) is 0 Å². The SMILES string of the molecule is CC(NS(=O)(=O)c1ccc(CCCl)cc1)c1ccccn1. The molecule has 0 saturated carbocycles. The van der Waals surface area contributed by atoms with Crippen LogP contribution in [0, 0.1) is 0 Å². The van der Waals surface area contributed by atoms with Gasteiger partial charge in [0, 0.05) is 12.1 Å². The van der Waals surface area contributed by atoms with E-state index in [1.165, 1.54) is 0 Å². The molecule has 4 nitrogen and oxygen atoms in total. The van der Waals surface area contributed by atoms with Gasteiger partial charge in [0.05, 0.1) is 16.6 Å². The number of rotatable bonds is 6. The summed E-state index contributed by atoms with van der Waals surface area (Å²) in [7, 11) is -3.56. The Balaban J connectivity index is 2.14. The standard InChI is InChI=1S/C15H17ClN2O2S/c1-12(15-4-2-3-11-17-15)18-21(19,20)14-7-5-13(6-8-14)9-10-16/h2-8,11-12,18H,9-10H2,1H3. The maximum absolute atomic E-state index is 12.3. The number of sulfonamides is 1. The van der Waals surface area contributed by atoms with Gasteiger partial charge in [0.1, 0.15) is 0 Å². The Morgan fingerprint density at radius 3 is 2.48 bits per heavy atom. The third kappa shape index (κ3) is 4.27. The van der Waals surface area contributed by atoms with E-state index in [1.54, 1.807) is 49.5 Å². The second-order valence-electron chi connectivity index (χ2n) is 4.68. The van der Waals surface area contributed by atoms with Gasteiger partial charge in [-0.15, -0.1) is 11.6 Å². The Hall–Kier alpha value is -1.43. The van der Waals surface area contributed by atoms with E-state index < -0.39 is 16.1 Å². The van der Waals surface area contributed by atoms with Crippen molar-refractivity contribution in [1.82, 2.24) is 9.71 Å². The zero-order chi connectivity index (χ0) is 15.3. The minimum atomic E-state index is -3.56. The van der Waals surface area contributed by atoms with Crippen molar-refractivity contribution < 1.29 is 8.42 Å². The number of hydrogen-bond donors (Lipinski definition) is 1. The lowest BCUT2D eigenvalue weighted by molar-refractivity contribution is 0.564. The largest absolute Gasteiger partial charge is 0.260 e. The summed E-state index contributed by atoms with van der Waals surface area (Å²) < 4.78 is 27.3. The lowest BCUT2D eigenvalue weighted by Gasteiger charge is -2.14. The van der Waals surface area contributed by atoms with Gasteiger partial charge < -0.3 is 0 Å². The Morgan fingerprint density at radius 1 is 1.19 bits per heavy atom. The Labute approximate surface area is 130 Å². The molecule has 21 heavy (non-hydrogen) atoms. The van der Waals surface area contributed by atoms with Crippen molar-refractivity contribution in [1.29, 1.82) is 0 Å². The van der Waals surface area contributed by atoms with Gasteiger partial charge in [-0.05, 0) is 43.2 Å². The molecule has 0 radical (unpaired) electrons. The number of aryl methyl sites for hydroxylation is 1. The predicted octanol–water partition coefficient (Wildman–Crippen LogP) is 2.90. The Bertz CT molecular complexity index is 673. The van der Waals surface area contributed by atoms with Crippen LogP contribution in [0.1, 0.15) is 24.2 Å². The lowest BCUT2D eigenvalue weighted by Crippen LogP contribution is -2.27. The van der Waals surface area contributed by atoms with E-state index in [9.17, 15) is 8.42 Å². The fourth-order valence-corrected chi connectivity index (χ4v) is 3.37. The van der Waals surface area contributed by atoms with Crippen LogP contribution in [0.25, 0.3) is 0 Å². The van der Waals surface area contributed by atoms with Crippen molar-refractivity contribution in [3.05, 3.63) is 59.9 Å². The van der Waals surface area contributed by atoms with Crippen LogP contribution >= 0.6 is 11.6 Å². The minimum Gasteiger partial charge on any atom is -0.260 e. The van der Waals surface area contributed by atoms with Gasteiger partial charge in [0.25, 0.3) is 0 Å². The second-order valence-corrected chi connectivity index (χ2v) is 6.77. The summed E-state index contributed by atoms with van der Waals surface area (Å²) >= 11 is 5.66. The van der Waals surface area contributed by atoms with Gasteiger partial charge >= 0.3 is 0 Å². The molecule has 6 heteroatoms. The zero-order valence-electron chi connectivity index (χ0n) is 11.7. The topological polar surface area (TPSA) is 59.1 Å². The van der Waals surface area contributed by atoms with Gasteiger partial charge in [-0.2, -0.15) is 0 Å². The number of alkyl halides is 1. The molecule has 1 atom stereocenters. The van der Waals surface area contributed by atoms with Crippen LogP contribution in [-0.4, -0.2) is 19.3 Å². The lowest BCUT2D eigenvalue weighted by atomic mass is 10.2. The molecule has 0 amide bonds. The fourth-order valence-electron chi connectivity index (χ4n) is 1.94. The van der Waals surface area contributed by atoms with E-state index >= 15 is 0 Å². The molecule has 1 N–H and O–H groups in total. The molecule has 0 aliphatic heterocycles. The Morgan fingerprint density at radius 2 is 1.90 bits per heavy atom. The van der Waals surface area contributed by atoms with Crippen molar-refractivity contribution in [2.75, 3.05) is 5.88 Å². The monoisotopic (exact) mass is 324 g/mol. The number of pyridine rings is 1. The van der Waals surface area contributed by atoms with Crippen LogP contribution in [-0.2, 0) is 16.4 Å². The highest BCUT2D eigenvalue weighted by atomic mass is 35.5. The third-order valence-electron chi connectivity index (χ3n) is 3.08. The van der Waals surface area contributed by atoms with E-state index in [-0.39, 0.29) is 4.90 Å². The second kappa shape index (κ2) is 7.02. The highest BCUT2D eigenvalue weighted by Crippen LogP contribution is 2.16. The summed E-state index contributed by atoms with van der Waals surface area (Å²) in [5, 5.41) is 0. The molecule has 1 aromatic heterocycles. The van der Waals surface area contributed by atoms with Crippen LogP contribution in [0.3, 0.4) is 0 Å². The molecule has 0 bridgehead atoms. The highest BCUT2D eigenvalue weighted by Gasteiger charge is 2.18. The van der Waals surface area contributed by atoms with Crippen molar-refractivity contribution >= 4 is 21.6 Å². The normalized spacial score (nSPS) is 13.0. The van der Waals surface area contributed by atoms with Crippen LogP contribution in [0.15, 0.2) is 53.6 Å². The zero-order valence-corrected chi connectivity index (χ0v) is 13.2. The van der Waals surface area contributed by atoms with Crippen LogP contribution in [0.4, 0.5) is 0 Å². The van der Waals surface area contributed by atoms with Crippen LogP contribution in [0.2, 0.25) is 0 Å². The summed E-state index contributed by atoms with van der Waals surface area (Å²) in [6.07, 6.45) is 2.36. The number of hydrogen-bond acceptors (Lipinski definition) is 3. The fraction of sp³-hybridized carbons (Fsp3) is 0.267. The molecular weight excluding hydrogens is 308 g/mol. The maximum atomic E-state index is 12.3. The number of nitrogens with one attached hydrogen (secondary N) is 1. The molecule has 0 fully saturated rings. The third-order valence-corrected chi connectivity index (χ3v) is 4.83. The summed E-state index contributed by atoms with van der Waals surface area (Å²) in [6, 6.07) is 11.8. The van der Waals surface area contributed by atoms with E-state index in [0.29, 0.717) is 11.6 Å². The first-order valence-electron chi connectivity index (χ1n) is 6.61. The van der Waals surface area contributed by atoms with Crippen LogP contribution in [0.5, 0.6) is 0 Å². The van der Waals surface area contributed by atoms with E-state index in [0.717, 1.165) is 12.0 Å². The van der Waals surface area contributed by atoms with Crippen LogP contribution < -0.4 is 4.72 Å². The molecule has 1 aromatic carbocycles. The molecular formula is C15H17ClN2O2S. The molecule has 1 heterocycles. The van der Waals surface area contributed by atoms with Crippen molar-refractivity contribution in [3.8, 4) is 0 Å². The molecule has 0 aliphatic carbocycles. The van der Waals surface area contributed by atoms with Gasteiger partial charge in [-0.3, -0.25) is 4.98 Å². The average Bonchev–Trinajstić information content (AvgIpc) is 2.48. The van der Waals surface area contributed by atoms with Crippen molar-refractivity contribution in [3.63, 3.8) is 0 Å². The molecule has 0 aliphatic rings. The quantitative estimate of drug-likeness (QED) is 0.831. The molecule has 2 aromatic rings. The molecule has 0 saturated heterocycles. The molecule has 0 spiro atoms. The number of nitrogens with zero attached hydrogens (tertiary/aromatic N) is 1. The first-order valence-corrected chi connectivity index (χ1v) is 8.63. The first-order chi connectivity index (χ1) is 10.0. The number of halogens is 1. The summed E-state index contributed by atoms with van der Waals surface area (Å²) in [6.45, 7) is 1.77. The van der Waals surface area contributed by atoms with Crippen molar-refractivity contribution in [2.45, 2.75) is 24.3 Å². The number of benzene rings is 1.